The van der Waals surface area contributed by atoms with Crippen molar-refractivity contribution in [2.45, 2.75) is 13.0 Å². The van der Waals surface area contributed by atoms with E-state index < -0.39 is 6.10 Å². The van der Waals surface area contributed by atoms with E-state index in [2.05, 4.69) is 5.32 Å². The van der Waals surface area contributed by atoms with Crippen molar-refractivity contribution in [2.75, 3.05) is 26.2 Å². The van der Waals surface area contributed by atoms with Crippen LogP contribution in [0.25, 0.3) is 0 Å². The lowest BCUT2D eigenvalue weighted by Crippen LogP contribution is -2.50. The number of rotatable bonds is 3. The quantitative estimate of drug-likeness (QED) is 0.930. The Morgan fingerprint density at radius 3 is 2.63 bits per heavy atom. The largest absolute Gasteiger partial charge is 0.481 e. The first-order valence-corrected chi connectivity index (χ1v) is 6.95. The zero-order valence-electron chi connectivity index (χ0n) is 10.7. The monoisotopic (exact) mass is 302 g/mol. The van der Waals surface area contributed by atoms with Gasteiger partial charge in [0.05, 0.1) is 10.0 Å². The first kappa shape index (κ1) is 14.4. The summed E-state index contributed by atoms with van der Waals surface area (Å²) < 4.78 is 5.61. The van der Waals surface area contributed by atoms with Gasteiger partial charge < -0.3 is 15.0 Å². The van der Waals surface area contributed by atoms with Crippen molar-refractivity contribution < 1.29 is 9.53 Å². The number of ether oxygens (including phenoxy) is 1. The number of benzene rings is 1. The summed E-state index contributed by atoms with van der Waals surface area (Å²) in [5.41, 5.74) is 0. The Morgan fingerprint density at radius 2 is 2.00 bits per heavy atom. The molecule has 4 nitrogen and oxygen atoms in total. The predicted octanol–water partition coefficient (Wildman–Crippen LogP) is 2.19. The molecule has 0 spiro atoms. The van der Waals surface area contributed by atoms with Gasteiger partial charge in [-0.2, -0.15) is 0 Å². The summed E-state index contributed by atoms with van der Waals surface area (Å²) in [7, 11) is 0. The second-order valence-electron chi connectivity index (χ2n) is 4.41. The van der Waals surface area contributed by atoms with Crippen molar-refractivity contribution in [3.05, 3.63) is 28.2 Å². The standard InChI is InChI=1S/C13H16Cl2N2O2/c1-9(13(18)17-6-4-16-5-7-17)19-10-2-3-11(14)12(15)8-10/h2-3,8-9,16H,4-7H2,1H3. The van der Waals surface area contributed by atoms with Gasteiger partial charge >= 0.3 is 0 Å². The molecule has 1 atom stereocenters. The molecule has 19 heavy (non-hydrogen) atoms. The molecule has 104 valence electrons. The molecule has 1 N–H and O–H groups in total. The number of nitrogens with one attached hydrogen (secondary N) is 1. The number of carbonyl (C=O) groups excluding carboxylic acids is 1. The van der Waals surface area contributed by atoms with E-state index in [0.29, 0.717) is 28.9 Å². The number of halogens is 2. The van der Waals surface area contributed by atoms with E-state index in [9.17, 15) is 4.79 Å². The number of carbonyl (C=O) groups is 1. The van der Waals surface area contributed by atoms with E-state index in [1.165, 1.54) is 0 Å². The van der Waals surface area contributed by atoms with Gasteiger partial charge in [0.15, 0.2) is 6.10 Å². The molecule has 1 heterocycles. The van der Waals surface area contributed by atoms with E-state index in [1.54, 1.807) is 30.0 Å². The van der Waals surface area contributed by atoms with Gasteiger partial charge in [-0.25, -0.2) is 0 Å². The zero-order valence-corrected chi connectivity index (χ0v) is 12.2. The van der Waals surface area contributed by atoms with Gasteiger partial charge in [-0.15, -0.1) is 0 Å². The van der Waals surface area contributed by atoms with Gasteiger partial charge in [-0.3, -0.25) is 4.79 Å². The number of piperazine rings is 1. The summed E-state index contributed by atoms with van der Waals surface area (Å²) >= 11 is 11.7. The molecule has 1 aliphatic rings. The molecular weight excluding hydrogens is 287 g/mol. The van der Waals surface area contributed by atoms with Crippen LogP contribution in [0.3, 0.4) is 0 Å². The lowest BCUT2D eigenvalue weighted by molar-refractivity contribution is -0.138. The molecule has 1 aromatic carbocycles. The Bertz CT molecular complexity index is 462. The van der Waals surface area contributed by atoms with Crippen molar-refractivity contribution in [3.8, 4) is 5.75 Å². The summed E-state index contributed by atoms with van der Waals surface area (Å²) in [6.07, 6.45) is -0.532. The fraction of sp³-hybridized carbons (Fsp3) is 0.462. The van der Waals surface area contributed by atoms with Crippen LogP contribution in [0, 0.1) is 0 Å². The van der Waals surface area contributed by atoms with Crippen LogP contribution >= 0.6 is 23.2 Å². The van der Waals surface area contributed by atoms with Crippen molar-refractivity contribution >= 4 is 29.1 Å². The summed E-state index contributed by atoms with van der Waals surface area (Å²) in [4.78, 5) is 14.0. The normalized spacial score (nSPS) is 17.1. The van der Waals surface area contributed by atoms with Gasteiger partial charge in [-0.1, -0.05) is 23.2 Å². The van der Waals surface area contributed by atoms with Gasteiger partial charge in [0.1, 0.15) is 5.75 Å². The minimum Gasteiger partial charge on any atom is -0.481 e. The van der Waals surface area contributed by atoms with Crippen molar-refractivity contribution in [2.24, 2.45) is 0 Å². The van der Waals surface area contributed by atoms with Crippen molar-refractivity contribution in [1.29, 1.82) is 0 Å². The minimum absolute atomic E-state index is 0.00688. The molecule has 0 aromatic heterocycles. The number of nitrogens with zero attached hydrogens (tertiary/aromatic N) is 1. The van der Waals surface area contributed by atoms with Crippen molar-refractivity contribution in [3.63, 3.8) is 0 Å². The molecule has 0 radical (unpaired) electrons. The van der Waals surface area contributed by atoms with Gasteiger partial charge in [0.25, 0.3) is 5.91 Å². The Labute approximate surface area is 122 Å². The molecule has 1 aliphatic heterocycles. The average molecular weight is 303 g/mol. The van der Waals surface area contributed by atoms with Crippen LogP contribution in [0.15, 0.2) is 18.2 Å². The molecule has 2 rings (SSSR count). The molecule has 1 unspecified atom stereocenters. The molecule has 0 saturated carbocycles. The SMILES string of the molecule is CC(Oc1ccc(Cl)c(Cl)c1)C(=O)N1CCNCC1. The molecule has 0 aliphatic carbocycles. The van der Waals surface area contributed by atoms with E-state index in [4.69, 9.17) is 27.9 Å². The fourth-order valence-corrected chi connectivity index (χ4v) is 2.24. The highest BCUT2D eigenvalue weighted by Gasteiger charge is 2.23. The van der Waals surface area contributed by atoms with Crippen LogP contribution in [0.5, 0.6) is 5.75 Å². The zero-order chi connectivity index (χ0) is 13.8. The topological polar surface area (TPSA) is 41.6 Å². The maximum atomic E-state index is 12.2. The van der Waals surface area contributed by atoms with E-state index in [1.807, 2.05) is 0 Å². The van der Waals surface area contributed by atoms with Crippen LogP contribution in [0.4, 0.5) is 0 Å². The second kappa shape index (κ2) is 6.46. The Balaban J connectivity index is 1.97. The Kier molecular flexibility index (Phi) is 4.91. The summed E-state index contributed by atoms with van der Waals surface area (Å²) in [6.45, 7) is 4.82. The van der Waals surface area contributed by atoms with E-state index in [-0.39, 0.29) is 5.91 Å². The molecule has 6 heteroatoms. The third-order valence-electron chi connectivity index (χ3n) is 2.98. The highest BCUT2D eigenvalue weighted by Crippen LogP contribution is 2.27. The summed E-state index contributed by atoms with van der Waals surface area (Å²) in [5, 5.41) is 4.09. The highest BCUT2D eigenvalue weighted by molar-refractivity contribution is 6.42. The summed E-state index contributed by atoms with van der Waals surface area (Å²) in [6, 6.07) is 4.97. The van der Waals surface area contributed by atoms with Crippen LogP contribution in [-0.4, -0.2) is 43.1 Å². The number of hydrogen-bond acceptors (Lipinski definition) is 3. The third-order valence-corrected chi connectivity index (χ3v) is 3.72. The van der Waals surface area contributed by atoms with Gasteiger partial charge in [0, 0.05) is 32.2 Å². The van der Waals surface area contributed by atoms with Crippen LogP contribution in [-0.2, 0) is 4.79 Å². The first-order valence-electron chi connectivity index (χ1n) is 6.19. The molecule has 1 aromatic rings. The Hall–Kier alpha value is -0.970. The van der Waals surface area contributed by atoms with Crippen LogP contribution < -0.4 is 10.1 Å². The molecular formula is C13H16Cl2N2O2. The van der Waals surface area contributed by atoms with E-state index in [0.717, 1.165) is 13.1 Å². The number of amides is 1. The lowest BCUT2D eigenvalue weighted by atomic mass is 10.2. The highest BCUT2D eigenvalue weighted by atomic mass is 35.5. The molecule has 1 saturated heterocycles. The van der Waals surface area contributed by atoms with Crippen LogP contribution in [0.1, 0.15) is 6.92 Å². The second-order valence-corrected chi connectivity index (χ2v) is 5.23. The fourth-order valence-electron chi connectivity index (χ4n) is 1.95. The lowest BCUT2D eigenvalue weighted by Gasteiger charge is -2.29. The van der Waals surface area contributed by atoms with Crippen LogP contribution in [0.2, 0.25) is 10.0 Å². The maximum absolute atomic E-state index is 12.2. The Morgan fingerprint density at radius 1 is 1.32 bits per heavy atom. The maximum Gasteiger partial charge on any atom is 0.263 e. The molecule has 0 bridgehead atoms. The first-order chi connectivity index (χ1) is 9.08. The average Bonchev–Trinajstić information content (AvgIpc) is 2.43. The van der Waals surface area contributed by atoms with E-state index >= 15 is 0 Å². The smallest absolute Gasteiger partial charge is 0.263 e. The minimum atomic E-state index is -0.532. The predicted molar refractivity (Wildman–Crippen MR) is 76.0 cm³/mol. The van der Waals surface area contributed by atoms with Crippen molar-refractivity contribution in [1.82, 2.24) is 10.2 Å². The molecule has 1 amide bonds. The summed E-state index contributed by atoms with van der Waals surface area (Å²) in [5.74, 6) is 0.540. The van der Waals surface area contributed by atoms with Gasteiger partial charge in [-0.05, 0) is 19.1 Å². The molecule has 1 fully saturated rings. The van der Waals surface area contributed by atoms with Gasteiger partial charge in [0.2, 0.25) is 0 Å². The third kappa shape index (κ3) is 3.75. The number of hydrogen-bond donors (Lipinski definition) is 1.